The van der Waals surface area contributed by atoms with Gasteiger partial charge in [-0.2, -0.15) is 0 Å². The van der Waals surface area contributed by atoms with Crippen LogP contribution in [0, 0.1) is 5.92 Å². The molecule has 1 aliphatic rings. The summed E-state index contributed by atoms with van der Waals surface area (Å²) in [4.78, 5) is 16.8. The highest BCUT2D eigenvalue weighted by atomic mass is 31.2. The van der Waals surface area contributed by atoms with Crippen molar-refractivity contribution in [3.8, 4) is 0 Å². The Morgan fingerprint density at radius 3 is 2.50 bits per heavy atom. The minimum absolute atomic E-state index is 0.133. The van der Waals surface area contributed by atoms with Gasteiger partial charge in [-0.15, -0.1) is 0 Å². The summed E-state index contributed by atoms with van der Waals surface area (Å²) >= 11 is 0. The van der Waals surface area contributed by atoms with Crippen LogP contribution in [0.5, 0.6) is 0 Å². The second-order valence-electron chi connectivity index (χ2n) is 2.84. The second kappa shape index (κ2) is 4.35. The molecule has 0 spiro atoms. The highest BCUT2D eigenvalue weighted by Crippen LogP contribution is 2.37. The minimum atomic E-state index is -4.27. The van der Waals surface area contributed by atoms with E-state index in [0.29, 0.717) is 13.2 Å². The van der Waals surface area contributed by atoms with Crippen LogP contribution in [0.3, 0.4) is 0 Å². The first-order valence-corrected chi connectivity index (χ1v) is 5.39. The molecule has 1 heterocycles. The predicted octanol–water partition coefficient (Wildman–Crippen LogP) is 0.522. The summed E-state index contributed by atoms with van der Waals surface area (Å²) in [6.07, 6.45) is 1.64. The van der Waals surface area contributed by atoms with Crippen molar-refractivity contribution in [1.29, 1.82) is 0 Å². The summed E-state index contributed by atoms with van der Waals surface area (Å²) in [7, 11) is -4.27. The van der Waals surface area contributed by atoms with E-state index in [1.54, 1.807) is 0 Å². The van der Waals surface area contributed by atoms with Gasteiger partial charge in [-0.1, -0.05) is 0 Å². The summed E-state index contributed by atoms with van der Waals surface area (Å²) < 4.78 is 19.8. The Kier molecular flexibility index (Phi) is 3.68. The van der Waals surface area contributed by atoms with Crippen LogP contribution in [0.1, 0.15) is 12.8 Å². The smallest absolute Gasteiger partial charge is 0.381 e. The second-order valence-corrected chi connectivity index (χ2v) is 4.08. The van der Waals surface area contributed by atoms with Crippen LogP contribution in [0.4, 0.5) is 0 Å². The van der Waals surface area contributed by atoms with Gasteiger partial charge in [0.05, 0.1) is 6.61 Å². The van der Waals surface area contributed by atoms with Gasteiger partial charge in [0.15, 0.2) is 0 Å². The Morgan fingerprint density at radius 2 is 2.00 bits per heavy atom. The van der Waals surface area contributed by atoms with Gasteiger partial charge in [-0.25, -0.2) is 4.57 Å². The third-order valence-electron chi connectivity index (χ3n) is 1.82. The van der Waals surface area contributed by atoms with E-state index >= 15 is 0 Å². The lowest BCUT2D eigenvalue weighted by molar-refractivity contribution is 0.0437. The average Bonchev–Trinajstić information content (AvgIpc) is 2.02. The zero-order valence-corrected chi connectivity index (χ0v) is 7.57. The summed E-state index contributed by atoms with van der Waals surface area (Å²) in [5.41, 5.74) is 0. The molecule has 1 fully saturated rings. The minimum Gasteiger partial charge on any atom is -0.381 e. The lowest BCUT2D eigenvalue weighted by atomic mass is 10.0. The first kappa shape index (κ1) is 10.2. The van der Waals surface area contributed by atoms with Crippen molar-refractivity contribution >= 4 is 7.82 Å². The molecule has 0 amide bonds. The van der Waals surface area contributed by atoms with Gasteiger partial charge in [0.25, 0.3) is 0 Å². The maximum absolute atomic E-state index is 10.3. The van der Waals surface area contributed by atoms with E-state index in [1.807, 2.05) is 0 Å². The molecule has 1 saturated heterocycles. The van der Waals surface area contributed by atoms with Crippen LogP contribution < -0.4 is 0 Å². The van der Waals surface area contributed by atoms with E-state index in [2.05, 4.69) is 4.52 Å². The Hall–Kier alpha value is 0.0700. The third kappa shape index (κ3) is 4.18. The van der Waals surface area contributed by atoms with Crippen LogP contribution in [0.25, 0.3) is 0 Å². The quantitative estimate of drug-likeness (QED) is 0.643. The van der Waals surface area contributed by atoms with Crippen LogP contribution in [0.2, 0.25) is 0 Å². The van der Waals surface area contributed by atoms with Crippen molar-refractivity contribution in [3.05, 3.63) is 0 Å². The van der Waals surface area contributed by atoms with Crippen molar-refractivity contribution in [3.63, 3.8) is 0 Å². The highest BCUT2D eigenvalue weighted by Gasteiger charge is 2.19. The largest absolute Gasteiger partial charge is 0.469 e. The third-order valence-corrected chi connectivity index (χ3v) is 2.30. The lowest BCUT2D eigenvalue weighted by Crippen LogP contribution is -2.19. The SMILES string of the molecule is O=P(O)(O)OCC1CCOCC1. The summed E-state index contributed by atoms with van der Waals surface area (Å²) in [5.74, 6) is 0.228. The van der Waals surface area contributed by atoms with Crippen LogP contribution >= 0.6 is 7.82 Å². The monoisotopic (exact) mass is 196 g/mol. The van der Waals surface area contributed by atoms with Gasteiger partial charge in [0.2, 0.25) is 0 Å². The topological polar surface area (TPSA) is 76.0 Å². The summed E-state index contributed by atoms with van der Waals surface area (Å²) in [6.45, 7) is 1.46. The number of hydrogen-bond acceptors (Lipinski definition) is 3. The van der Waals surface area contributed by atoms with E-state index in [4.69, 9.17) is 14.5 Å². The maximum Gasteiger partial charge on any atom is 0.469 e. The molecule has 0 aromatic carbocycles. The van der Waals surface area contributed by atoms with Crippen LogP contribution in [-0.2, 0) is 13.8 Å². The Morgan fingerprint density at radius 1 is 1.42 bits per heavy atom. The first-order valence-electron chi connectivity index (χ1n) is 3.86. The standard InChI is InChI=1S/C6H13O5P/c7-12(8,9)11-5-6-1-3-10-4-2-6/h6H,1-5H2,(H2,7,8,9). The molecule has 0 aliphatic carbocycles. The van der Waals surface area contributed by atoms with E-state index in [0.717, 1.165) is 12.8 Å². The molecule has 1 aliphatic heterocycles. The summed E-state index contributed by atoms with van der Waals surface area (Å²) in [6, 6.07) is 0. The molecule has 0 radical (unpaired) electrons. The van der Waals surface area contributed by atoms with Crippen molar-refractivity contribution < 1.29 is 23.6 Å². The van der Waals surface area contributed by atoms with E-state index in [1.165, 1.54) is 0 Å². The Bertz CT molecular complexity index is 171. The van der Waals surface area contributed by atoms with Gasteiger partial charge in [0.1, 0.15) is 0 Å². The number of hydrogen-bond donors (Lipinski definition) is 2. The predicted molar refractivity (Wildman–Crippen MR) is 41.5 cm³/mol. The van der Waals surface area contributed by atoms with Crippen molar-refractivity contribution in [2.45, 2.75) is 12.8 Å². The molecule has 0 atom stereocenters. The van der Waals surface area contributed by atoms with Crippen molar-refractivity contribution in [2.75, 3.05) is 19.8 Å². The zero-order valence-electron chi connectivity index (χ0n) is 6.68. The number of phosphoric ester groups is 1. The number of phosphoric acid groups is 1. The molecule has 0 bridgehead atoms. The molecule has 0 saturated carbocycles. The number of rotatable bonds is 3. The first-order chi connectivity index (χ1) is 5.58. The average molecular weight is 196 g/mol. The number of ether oxygens (including phenoxy) is 1. The Balaban J connectivity index is 2.17. The van der Waals surface area contributed by atoms with E-state index in [-0.39, 0.29) is 12.5 Å². The molecule has 2 N–H and O–H groups in total. The van der Waals surface area contributed by atoms with Gasteiger partial charge in [-0.3, -0.25) is 4.52 Å². The molecule has 6 heteroatoms. The zero-order chi connectivity index (χ0) is 9.03. The fraction of sp³-hybridized carbons (Fsp3) is 1.00. The normalized spacial score (nSPS) is 21.2. The molecule has 0 unspecified atom stereocenters. The molecule has 12 heavy (non-hydrogen) atoms. The van der Waals surface area contributed by atoms with Gasteiger partial charge in [-0.05, 0) is 18.8 Å². The molecule has 1 rings (SSSR count). The van der Waals surface area contributed by atoms with Crippen molar-refractivity contribution in [1.82, 2.24) is 0 Å². The lowest BCUT2D eigenvalue weighted by Gasteiger charge is -2.21. The molecular weight excluding hydrogens is 183 g/mol. The fourth-order valence-corrected chi connectivity index (χ4v) is 1.52. The van der Waals surface area contributed by atoms with Crippen LogP contribution in [-0.4, -0.2) is 29.6 Å². The maximum atomic E-state index is 10.3. The van der Waals surface area contributed by atoms with E-state index in [9.17, 15) is 4.57 Å². The van der Waals surface area contributed by atoms with Crippen LogP contribution in [0.15, 0.2) is 0 Å². The van der Waals surface area contributed by atoms with E-state index < -0.39 is 7.82 Å². The molecule has 5 nitrogen and oxygen atoms in total. The summed E-state index contributed by atoms with van der Waals surface area (Å²) in [5, 5.41) is 0. The molecule has 0 aromatic heterocycles. The van der Waals surface area contributed by atoms with Crippen molar-refractivity contribution in [2.24, 2.45) is 5.92 Å². The Labute approximate surface area is 70.9 Å². The molecule has 0 aromatic rings. The fourth-order valence-electron chi connectivity index (χ4n) is 1.12. The highest BCUT2D eigenvalue weighted by molar-refractivity contribution is 7.46. The van der Waals surface area contributed by atoms with Gasteiger partial charge in [0, 0.05) is 13.2 Å². The van der Waals surface area contributed by atoms with Gasteiger partial charge >= 0.3 is 7.82 Å². The molecule has 72 valence electrons. The van der Waals surface area contributed by atoms with Gasteiger partial charge < -0.3 is 14.5 Å². The molecular formula is C6H13O5P.